The molecule has 1 unspecified atom stereocenters. The smallest absolute Gasteiger partial charge is 0.433 e. The first-order valence-electron chi connectivity index (χ1n) is 5.89. The van der Waals surface area contributed by atoms with E-state index < -0.39 is 36.7 Å². The van der Waals surface area contributed by atoms with Crippen molar-refractivity contribution in [2.24, 2.45) is 5.73 Å². The van der Waals surface area contributed by atoms with Crippen LogP contribution in [0.3, 0.4) is 0 Å². The Kier molecular flexibility index (Phi) is 8.66. The maximum atomic E-state index is 11.3. The standard InChI is InChI=1S/C12H15NO10/c1-6(2)9(15)20-22-12(18)23-21-10(16)7(3)5-19-11(17)8(13)4-14/h5,8,14H,1,4,13H2,2-3H3/b7-5+. The van der Waals surface area contributed by atoms with Gasteiger partial charge in [0.25, 0.3) is 0 Å². The van der Waals surface area contributed by atoms with E-state index in [2.05, 4.69) is 30.9 Å². The summed E-state index contributed by atoms with van der Waals surface area (Å²) in [6.45, 7) is 5.04. The SMILES string of the molecule is C=C(C)C(=O)OOC(=O)OOC(=O)/C(C)=C/OC(=O)C(N)CO. The van der Waals surface area contributed by atoms with Crippen molar-refractivity contribution in [2.45, 2.75) is 19.9 Å². The van der Waals surface area contributed by atoms with Crippen LogP contribution in [0.2, 0.25) is 0 Å². The minimum absolute atomic E-state index is 0.0449. The van der Waals surface area contributed by atoms with E-state index in [0.29, 0.717) is 6.26 Å². The van der Waals surface area contributed by atoms with Gasteiger partial charge in [0.15, 0.2) is 0 Å². The van der Waals surface area contributed by atoms with Crippen LogP contribution in [0.4, 0.5) is 4.79 Å². The molecule has 3 N–H and O–H groups in total. The number of hydrogen-bond donors (Lipinski definition) is 2. The summed E-state index contributed by atoms with van der Waals surface area (Å²) in [7, 11) is 0. The van der Waals surface area contributed by atoms with E-state index in [1.807, 2.05) is 0 Å². The predicted octanol–water partition coefficient (Wildman–Crippen LogP) is -0.601. The van der Waals surface area contributed by atoms with Gasteiger partial charge in [0, 0.05) is 5.57 Å². The van der Waals surface area contributed by atoms with Crippen molar-refractivity contribution < 1.29 is 48.6 Å². The van der Waals surface area contributed by atoms with Crippen LogP contribution in [0.1, 0.15) is 13.8 Å². The van der Waals surface area contributed by atoms with Crippen LogP contribution in [-0.2, 0) is 38.7 Å². The van der Waals surface area contributed by atoms with E-state index in [0.717, 1.165) is 6.92 Å². The molecule has 1 atom stereocenters. The molecule has 0 radical (unpaired) electrons. The highest BCUT2D eigenvalue weighted by Gasteiger charge is 2.18. The summed E-state index contributed by atoms with van der Waals surface area (Å²) in [4.78, 5) is 59.9. The van der Waals surface area contributed by atoms with Crippen molar-refractivity contribution in [3.8, 4) is 0 Å². The number of ether oxygens (including phenoxy) is 1. The first kappa shape index (κ1) is 20.1. The zero-order valence-corrected chi connectivity index (χ0v) is 12.3. The number of esters is 1. The molecular weight excluding hydrogens is 318 g/mol. The zero-order valence-electron chi connectivity index (χ0n) is 12.3. The Balaban J connectivity index is 4.22. The summed E-state index contributed by atoms with van der Waals surface area (Å²) in [5.74, 6) is -3.23. The van der Waals surface area contributed by atoms with E-state index in [1.165, 1.54) is 6.92 Å². The summed E-state index contributed by atoms with van der Waals surface area (Å²) in [6.07, 6.45) is -0.962. The Hall–Kier alpha value is -2.92. The van der Waals surface area contributed by atoms with Gasteiger partial charge >= 0.3 is 24.1 Å². The number of nitrogens with two attached hydrogens (primary N) is 1. The fourth-order valence-electron chi connectivity index (χ4n) is 0.651. The Morgan fingerprint density at radius 3 is 2.09 bits per heavy atom. The van der Waals surface area contributed by atoms with Gasteiger partial charge < -0.3 is 15.6 Å². The normalized spacial score (nSPS) is 11.7. The topological polar surface area (TPSA) is 161 Å². The third kappa shape index (κ3) is 8.18. The number of rotatable bonds is 5. The molecule has 11 nitrogen and oxygen atoms in total. The van der Waals surface area contributed by atoms with Gasteiger partial charge in [0.05, 0.1) is 12.2 Å². The first-order valence-corrected chi connectivity index (χ1v) is 5.89. The van der Waals surface area contributed by atoms with Crippen molar-refractivity contribution in [3.63, 3.8) is 0 Å². The van der Waals surface area contributed by atoms with Gasteiger partial charge in [-0.2, -0.15) is 4.79 Å². The van der Waals surface area contributed by atoms with Crippen LogP contribution in [0.15, 0.2) is 24.0 Å². The molecule has 0 spiro atoms. The van der Waals surface area contributed by atoms with Crippen molar-refractivity contribution in [3.05, 3.63) is 24.0 Å². The van der Waals surface area contributed by atoms with E-state index >= 15 is 0 Å². The monoisotopic (exact) mass is 333 g/mol. The molecule has 0 aromatic rings. The van der Waals surface area contributed by atoms with E-state index in [1.54, 1.807) is 0 Å². The fraction of sp³-hybridized carbons (Fsp3) is 0.333. The average Bonchev–Trinajstić information content (AvgIpc) is 2.53. The maximum Gasteiger partial charge on any atom is 0.592 e. The lowest BCUT2D eigenvalue weighted by atomic mass is 10.3. The third-order valence-corrected chi connectivity index (χ3v) is 1.89. The molecule has 0 fully saturated rings. The third-order valence-electron chi connectivity index (χ3n) is 1.89. The zero-order chi connectivity index (χ0) is 18.0. The summed E-state index contributed by atoms with van der Waals surface area (Å²) < 4.78 is 4.45. The summed E-state index contributed by atoms with van der Waals surface area (Å²) >= 11 is 0. The Labute approximate surface area is 130 Å². The lowest BCUT2D eigenvalue weighted by Gasteiger charge is -2.06. The second-order valence-corrected chi connectivity index (χ2v) is 3.97. The molecule has 0 aromatic carbocycles. The van der Waals surface area contributed by atoms with Gasteiger partial charge in [0.1, 0.15) is 12.3 Å². The van der Waals surface area contributed by atoms with Gasteiger partial charge in [-0.05, 0) is 13.8 Å². The molecule has 0 bridgehead atoms. The second kappa shape index (κ2) is 9.92. The number of aliphatic hydroxyl groups excluding tert-OH is 1. The van der Waals surface area contributed by atoms with Crippen molar-refractivity contribution in [1.29, 1.82) is 0 Å². The van der Waals surface area contributed by atoms with Gasteiger partial charge in [0.2, 0.25) is 0 Å². The molecule has 0 saturated carbocycles. The minimum atomic E-state index is -1.64. The molecule has 0 aliphatic carbocycles. The minimum Gasteiger partial charge on any atom is -0.433 e. The second-order valence-electron chi connectivity index (χ2n) is 3.97. The van der Waals surface area contributed by atoms with E-state index in [9.17, 15) is 19.2 Å². The molecule has 128 valence electrons. The number of carbonyl (C=O) groups is 4. The van der Waals surface area contributed by atoms with Crippen LogP contribution in [0.25, 0.3) is 0 Å². The van der Waals surface area contributed by atoms with Crippen LogP contribution >= 0.6 is 0 Å². The molecule has 0 rings (SSSR count). The number of carbonyl (C=O) groups excluding carboxylic acids is 4. The molecule has 23 heavy (non-hydrogen) atoms. The van der Waals surface area contributed by atoms with Crippen LogP contribution in [-0.4, -0.2) is 41.8 Å². The van der Waals surface area contributed by atoms with Crippen LogP contribution < -0.4 is 5.73 Å². The lowest BCUT2D eigenvalue weighted by Crippen LogP contribution is -2.34. The highest BCUT2D eigenvalue weighted by atomic mass is 17.3. The summed E-state index contributed by atoms with van der Waals surface area (Å²) in [5, 5.41) is 8.60. The van der Waals surface area contributed by atoms with Gasteiger partial charge in [-0.3, -0.25) is 0 Å². The molecule has 0 aliphatic heterocycles. The number of aliphatic hydroxyl groups is 1. The van der Waals surface area contributed by atoms with Crippen LogP contribution in [0, 0.1) is 0 Å². The molecule has 11 heteroatoms. The maximum absolute atomic E-state index is 11.3. The molecule has 0 amide bonds. The fourth-order valence-corrected chi connectivity index (χ4v) is 0.651. The van der Waals surface area contributed by atoms with Crippen LogP contribution in [0.5, 0.6) is 0 Å². The van der Waals surface area contributed by atoms with E-state index in [4.69, 9.17) is 10.8 Å². The predicted molar refractivity (Wildman–Crippen MR) is 69.5 cm³/mol. The average molecular weight is 333 g/mol. The molecule has 0 aromatic heterocycles. The Morgan fingerprint density at radius 2 is 1.61 bits per heavy atom. The van der Waals surface area contributed by atoms with Crippen molar-refractivity contribution in [2.75, 3.05) is 6.61 Å². The molecule has 0 saturated heterocycles. The molecule has 0 heterocycles. The molecular formula is C12H15NO10. The van der Waals surface area contributed by atoms with Gasteiger partial charge in [-0.15, -0.1) is 0 Å². The Bertz CT molecular complexity index is 524. The highest BCUT2D eigenvalue weighted by molar-refractivity contribution is 5.88. The highest BCUT2D eigenvalue weighted by Crippen LogP contribution is 2.01. The van der Waals surface area contributed by atoms with Crippen molar-refractivity contribution >= 4 is 24.1 Å². The lowest BCUT2D eigenvalue weighted by molar-refractivity contribution is -0.289. The van der Waals surface area contributed by atoms with E-state index in [-0.39, 0.29) is 11.1 Å². The summed E-state index contributed by atoms with van der Waals surface area (Å²) in [6, 6.07) is -1.27. The summed E-state index contributed by atoms with van der Waals surface area (Å²) in [5.41, 5.74) is 4.83. The Morgan fingerprint density at radius 1 is 1.09 bits per heavy atom. The largest absolute Gasteiger partial charge is 0.592 e. The molecule has 0 aliphatic rings. The van der Waals surface area contributed by atoms with Crippen molar-refractivity contribution in [1.82, 2.24) is 0 Å². The quantitative estimate of drug-likeness (QED) is 0.217. The number of hydrogen-bond acceptors (Lipinski definition) is 11. The first-order chi connectivity index (χ1) is 10.7. The van der Waals surface area contributed by atoms with Gasteiger partial charge in [-0.1, -0.05) is 6.58 Å². The van der Waals surface area contributed by atoms with Gasteiger partial charge in [-0.25, -0.2) is 33.9 Å².